The Bertz CT molecular complexity index is 871. The van der Waals surface area contributed by atoms with Crippen LogP contribution in [0.1, 0.15) is 28.1 Å². The predicted molar refractivity (Wildman–Crippen MR) is 103 cm³/mol. The van der Waals surface area contributed by atoms with Gasteiger partial charge in [0, 0.05) is 15.1 Å². The van der Waals surface area contributed by atoms with Gasteiger partial charge in [0.25, 0.3) is 0 Å². The van der Waals surface area contributed by atoms with Crippen molar-refractivity contribution in [2.24, 2.45) is 0 Å². The second-order valence-corrected chi connectivity index (χ2v) is 9.16. The molecule has 0 aliphatic rings. The summed E-state index contributed by atoms with van der Waals surface area (Å²) >= 11 is 4.84. The Kier molecular flexibility index (Phi) is 5.22. The molecule has 0 aromatic carbocycles. The molecule has 7 heteroatoms. The normalized spacial score (nSPS) is 12.5. The van der Waals surface area contributed by atoms with Crippen molar-refractivity contribution in [2.45, 2.75) is 44.5 Å². The average Bonchev–Trinajstić information content (AvgIpc) is 3.13. The summed E-state index contributed by atoms with van der Waals surface area (Å²) in [5.74, 6) is 0.778. The molecule has 0 spiro atoms. The lowest BCUT2D eigenvalue weighted by atomic mass is 10.2. The number of nitrogens with one attached hydrogen (secondary N) is 1. The lowest BCUT2D eigenvalue weighted by Gasteiger charge is -2.12. The van der Waals surface area contributed by atoms with Gasteiger partial charge in [-0.15, -0.1) is 22.7 Å². The minimum Gasteiger partial charge on any atom is -0.350 e. The summed E-state index contributed by atoms with van der Waals surface area (Å²) in [7, 11) is 0. The van der Waals surface area contributed by atoms with Crippen LogP contribution in [0, 0.1) is 20.8 Å². The number of aromatic nitrogens is 2. The number of carbonyl (C=O) groups is 1. The zero-order valence-electron chi connectivity index (χ0n) is 14.0. The van der Waals surface area contributed by atoms with E-state index in [1.165, 1.54) is 22.2 Å². The first-order valence-corrected chi connectivity index (χ1v) is 10.2. The van der Waals surface area contributed by atoms with Crippen LogP contribution in [-0.2, 0) is 11.3 Å². The summed E-state index contributed by atoms with van der Waals surface area (Å²) in [4.78, 5) is 24.9. The topological polar surface area (TPSA) is 54.9 Å². The molecule has 0 saturated carbocycles. The van der Waals surface area contributed by atoms with Gasteiger partial charge >= 0.3 is 0 Å². The lowest BCUT2D eigenvalue weighted by Crippen LogP contribution is -2.30. The number of fused-ring (bicyclic) bond motifs is 1. The van der Waals surface area contributed by atoms with Crippen molar-refractivity contribution in [3.63, 3.8) is 0 Å². The molecule has 3 rings (SSSR count). The molecule has 1 atom stereocenters. The molecule has 3 heterocycles. The zero-order chi connectivity index (χ0) is 17.3. The van der Waals surface area contributed by atoms with Gasteiger partial charge in [-0.2, -0.15) is 0 Å². The van der Waals surface area contributed by atoms with Crippen molar-refractivity contribution in [3.05, 3.63) is 38.7 Å². The highest BCUT2D eigenvalue weighted by molar-refractivity contribution is 8.00. The number of aryl methyl sites for hydroxylation is 3. The molecule has 24 heavy (non-hydrogen) atoms. The number of hydrogen-bond acceptors (Lipinski definition) is 6. The lowest BCUT2D eigenvalue weighted by molar-refractivity contribution is -0.120. The highest BCUT2D eigenvalue weighted by Gasteiger charge is 2.20. The van der Waals surface area contributed by atoms with Crippen molar-refractivity contribution in [1.82, 2.24) is 15.3 Å². The molecule has 4 nitrogen and oxygen atoms in total. The summed E-state index contributed by atoms with van der Waals surface area (Å²) in [6, 6.07) is 4.02. The number of hydrogen-bond donors (Lipinski definition) is 1. The van der Waals surface area contributed by atoms with Gasteiger partial charge in [0.15, 0.2) is 0 Å². The molecule has 3 aromatic heterocycles. The second kappa shape index (κ2) is 7.21. The van der Waals surface area contributed by atoms with Crippen LogP contribution in [0.15, 0.2) is 22.5 Å². The zero-order valence-corrected chi connectivity index (χ0v) is 16.5. The van der Waals surface area contributed by atoms with Gasteiger partial charge in [-0.1, -0.05) is 17.8 Å². The second-order valence-electron chi connectivity index (χ2n) is 5.60. The summed E-state index contributed by atoms with van der Waals surface area (Å²) < 4.78 is 0. The van der Waals surface area contributed by atoms with Crippen molar-refractivity contribution < 1.29 is 4.79 Å². The fourth-order valence-corrected chi connectivity index (χ4v) is 5.21. The molecular weight excluding hydrogens is 358 g/mol. The SMILES string of the molecule is Cc1nc(SC(C)C(=O)NCc2cccs2)c2c(C)c(C)sc2n1. The largest absolute Gasteiger partial charge is 0.350 e. The first-order valence-electron chi connectivity index (χ1n) is 7.66. The van der Waals surface area contributed by atoms with Gasteiger partial charge in [0.05, 0.1) is 11.8 Å². The highest BCUT2D eigenvalue weighted by Crippen LogP contribution is 2.36. The van der Waals surface area contributed by atoms with E-state index in [1.54, 1.807) is 22.7 Å². The number of amides is 1. The average molecular weight is 378 g/mol. The van der Waals surface area contributed by atoms with Crippen molar-refractivity contribution in [1.29, 1.82) is 0 Å². The molecule has 126 valence electrons. The van der Waals surface area contributed by atoms with Gasteiger partial charge in [-0.25, -0.2) is 9.97 Å². The molecular formula is C17H19N3OS3. The van der Waals surface area contributed by atoms with Crippen LogP contribution >= 0.6 is 34.4 Å². The molecule has 1 amide bonds. The maximum absolute atomic E-state index is 12.4. The highest BCUT2D eigenvalue weighted by atomic mass is 32.2. The summed E-state index contributed by atoms with van der Waals surface area (Å²) in [5, 5.41) is 6.80. The van der Waals surface area contributed by atoms with Crippen LogP contribution in [0.3, 0.4) is 0 Å². The Balaban J connectivity index is 1.77. The number of thiophene rings is 2. The predicted octanol–water partition coefficient (Wildman–Crippen LogP) is 4.48. The Morgan fingerprint density at radius 2 is 2.12 bits per heavy atom. The van der Waals surface area contributed by atoms with Gasteiger partial charge in [-0.3, -0.25) is 4.79 Å². The molecule has 0 aliphatic heterocycles. The third-order valence-electron chi connectivity index (χ3n) is 3.78. The van der Waals surface area contributed by atoms with Crippen LogP contribution in [-0.4, -0.2) is 21.1 Å². The Hall–Kier alpha value is -1.44. The van der Waals surface area contributed by atoms with Crippen LogP contribution in [0.25, 0.3) is 10.2 Å². The van der Waals surface area contributed by atoms with Gasteiger partial charge in [0.1, 0.15) is 15.7 Å². The quantitative estimate of drug-likeness (QED) is 0.526. The molecule has 0 saturated heterocycles. The van der Waals surface area contributed by atoms with Crippen molar-refractivity contribution in [2.75, 3.05) is 0 Å². The Labute approximate surface area is 153 Å². The van der Waals surface area contributed by atoms with Crippen LogP contribution in [0.5, 0.6) is 0 Å². The molecule has 0 radical (unpaired) electrons. The fraction of sp³-hybridized carbons (Fsp3) is 0.353. The van der Waals surface area contributed by atoms with E-state index in [9.17, 15) is 4.79 Å². The van der Waals surface area contributed by atoms with E-state index in [1.807, 2.05) is 31.4 Å². The molecule has 3 aromatic rings. The maximum atomic E-state index is 12.4. The van der Waals surface area contributed by atoms with E-state index < -0.39 is 0 Å². The molecule has 1 unspecified atom stereocenters. The number of rotatable bonds is 5. The minimum absolute atomic E-state index is 0.0300. The van der Waals surface area contributed by atoms with Crippen LogP contribution in [0.2, 0.25) is 0 Å². The van der Waals surface area contributed by atoms with Crippen LogP contribution < -0.4 is 5.32 Å². The van der Waals surface area contributed by atoms with Gasteiger partial charge in [-0.05, 0) is 44.7 Å². The third-order valence-corrected chi connectivity index (χ3v) is 6.85. The number of nitrogens with zero attached hydrogens (tertiary/aromatic N) is 2. The molecule has 0 fully saturated rings. The van der Waals surface area contributed by atoms with E-state index in [-0.39, 0.29) is 11.2 Å². The van der Waals surface area contributed by atoms with E-state index in [2.05, 4.69) is 29.1 Å². The van der Waals surface area contributed by atoms with E-state index >= 15 is 0 Å². The summed E-state index contributed by atoms with van der Waals surface area (Å²) in [5.41, 5.74) is 1.21. The smallest absolute Gasteiger partial charge is 0.233 e. The monoisotopic (exact) mass is 377 g/mol. The fourth-order valence-electron chi connectivity index (χ4n) is 2.35. The number of carbonyl (C=O) groups excluding carboxylic acids is 1. The minimum atomic E-state index is -0.206. The maximum Gasteiger partial charge on any atom is 0.233 e. The molecule has 1 N–H and O–H groups in total. The van der Waals surface area contributed by atoms with Crippen molar-refractivity contribution >= 4 is 50.6 Å². The molecule has 0 aliphatic carbocycles. The number of thioether (sulfide) groups is 1. The van der Waals surface area contributed by atoms with Crippen LogP contribution in [0.4, 0.5) is 0 Å². The Morgan fingerprint density at radius 1 is 1.33 bits per heavy atom. The first kappa shape index (κ1) is 17.4. The summed E-state index contributed by atoms with van der Waals surface area (Å²) in [6.45, 7) is 8.60. The van der Waals surface area contributed by atoms with Gasteiger partial charge in [0.2, 0.25) is 5.91 Å². The third kappa shape index (κ3) is 3.63. The van der Waals surface area contributed by atoms with E-state index in [0.717, 1.165) is 25.9 Å². The van der Waals surface area contributed by atoms with Gasteiger partial charge < -0.3 is 5.32 Å². The standard InChI is InChI=1S/C17H19N3OS3/c1-9-10(2)23-16-14(9)17(20-12(4)19-16)24-11(3)15(21)18-8-13-6-5-7-22-13/h5-7,11H,8H2,1-4H3,(H,18,21). The Morgan fingerprint density at radius 3 is 2.83 bits per heavy atom. The van der Waals surface area contributed by atoms with Crippen molar-refractivity contribution in [3.8, 4) is 0 Å². The van der Waals surface area contributed by atoms with E-state index in [4.69, 9.17) is 0 Å². The van der Waals surface area contributed by atoms with E-state index in [0.29, 0.717) is 6.54 Å². The first-order chi connectivity index (χ1) is 11.5. The molecule has 0 bridgehead atoms. The summed E-state index contributed by atoms with van der Waals surface area (Å²) in [6.07, 6.45) is 0.